The van der Waals surface area contributed by atoms with Crippen molar-refractivity contribution < 1.29 is 9.84 Å². The van der Waals surface area contributed by atoms with Crippen molar-refractivity contribution in [1.29, 1.82) is 0 Å². The van der Waals surface area contributed by atoms with Crippen LogP contribution in [0.3, 0.4) is 0 Å². The van der Waals surface area contributed by atoms with E-state index in [9.17, 15) is 5.11 Å². The van der Waals surface area contributed by atoms with E-state index in [0.29, 0.717) is 5.75 Å². The van der Waals surface area contributed by atoms with E-state index < -0.39 is 4.93 Å². The molecule has 3 aliphatic carbocycles. The van der Waals surface area contributed by atoms with Crippen molar-refractivity contribution in [3.8, 4) is 22.6 Å². The van der Waals surface area contributed by atoms with Crippen LogP contribution in [0.4, 0.5) is 0 Å². The maximum Gasteiger partial charge on any atom is 0.210 e. The first-order valence-electron chi connectivity index (χ1n) is 16.2. The highest BCUT2D eigenvalue weighted by Crippen LogP contribution is 2.66. The Balaban J connectivity index is 1.37. The maximum atomic E-state index is 11.8. The molecule has 0 aromatic heterocycles. The second kappa shape index (κ2) is 9.30. The van der Waals surface area contributed by atoms with Gasteiger partial charge < -0.3 is 9.84 Å². The topological polar surface area (TPSA) is 29.5 Å². The molecule has 1 N–H and O–H groups in total. The highest BCUT2D eigenvalue weighted by atomic mass is 32.2. The molecule has 1 aliphatic heterocycles. The van der Waals surface area contributed by atoms with Crippen molar-refractivity contribution in [2.45, 2.75) is 88.9 Å². The molecule has 0 amide bonds. The number of allylic oxidation sites excluding steroid dienone is 2. The summed E-state index contributed by atoms with van der Waals surface area (Å²) in [6.07, 6.45) is 10.2. The molecule has 4 aliphatic rings. The van der Waals surface area contributed by atoms with Crippen molar-refractivity contribution >= 4 is 22.5 Å². The van der Waals surface area contributed by atoms with Gasteiger partial charge in [-0.1, -0.05) is 100 Å². The van der Waals surface area contributed by atoms with Gasteiger partial charge in [0, 0.05) is 21.9 Å². The summed E-state index contributed by atoms with van der Waals surface area (Å²) < 4.78 is 7.13. The third kappa shape index (κ3) is 3.94. The fourth-order valence-electron chi connectivity index (χ4n) is 9.83. The van der Waals surface area contributed by atoms with Crippen LogP contribution in [0.1, 0.15) is 89.0 Å². The summed E-state index contributed by atoms with van der Waals surface area (Å²) in [6, 6.07) is 24.2. The summed E-state index contributed by atoms with van der Waals surface area (Å²) in [5, 5.41) is 13.8. The van der Waals surface area contributed by atoms with Gasteiger partial charge in [0.15, 0.2) is 0 Å². The fourth-order valence-corrected chi connectivity index (χ4v) is 11.3. The molecule has 224 valence electrons. The zero-order chi connectivity index (χ0) is 30.6. The molecule has 0 radical (unpaired) electrons. The number of thioether (sulfide) groups is 1. The lowest BCUT2D eigenvalue weighted by Gasteiger charge is -2.51. The van der Waals surface area contributed by atoms with Gasteiger partial charge >= 0.3 is 0 Å². The van der Waals surface area contributed by atoms with Crippen LogP contribution >= 0.6 is 11.8 Å². The van der Waals surface area contributed by atoms with Gasteiger partial charge in [-0.3, -0.25) is 0 Å². The Kier molecular flexibility index (Phi) is 5.93. The number of phenols is 1. The summed E-state index contributed by atoms with van der Waals surface area (Å²) in [5.74, 6) is 1.20. The van der Waals surface area contributed by atoms with Crippen LogP contribution in [0, 0.1) is 17.8 Å². The van der Waals surface area contributed by atoms with Gasteiger partial charge in [0.2, 0.25) is 4.93 Å². The van der Waals surface area contributed by atoms with Crippen molar-refractivity contribution in [3.05, 3.63) is 112 Å². The number of fused-ring (bicyclic) bond motifs is 8. The van der Waals surface area contributed by atoms with E-state index in [4.69, 9.17) is 4.74 Å². The van der Waals surface area contributed by atoms with E-state index in [-0.39, 0.29) is 16.2 Å². The number of hydrogen-bond donors (Lipinski definition) is 1. The van der Waals surface area contributed by atoms with Crippen molar-refractivity contribution in [2.75, 3.05) is 0 Å². The average molecular weight is 599 g/mol. The number of aromatic hydroxyl groups is 1. The molecule has 4 aromatic carbocycles. The van der Waals surface area contributed by atoms with Crippen molar-refractivity contribution in [3.63, 3.8) is 0 Å². The summed E-state index contributed by atoms with van der Waals surface area (Å²) >= 11 is 1.82. The molecule has 44 heavy (non-hydrogen) atoms. The Labute approximate surface area is 266 Å². The van der Waals surface area contributed by atoms with Crippen LogP contribution in [0.15, 0.2) is 94.9 Å². The van der Waals surface area contributed by atoms with Crippen molar-refractivity contribution in [1.82, 2.24) is 0 Å². The molecular formula is C41H42O2S. The lowest BCUT2D eigenvalue weighted by molar-refractivity contribution is 0.0645. The summed E-state index contributed by atoms with van der Waals surface area (Å²) in [6.45, 7) is 14.1. The van der Waals surface area contributed by atoms with Gasteiger partial charge in [-0.25, -0.2) is 0 Å². The largest absolute Gasteiger partial charge is 0.507 e. The summed E-state index contributed by atoms with van der Waals surface area (Å²) in [5.41, 5.74) is 10.5. The van der Waals surface area contributed by atoms with Gasteiger partial charge in [-0.2, -0.15) is 0 Å². The Morgan fingerprint density at radius 3 is 2.14 bits per heavy atom. The molecule has 1 unspecified atom stereocenters. The number of phenolic OH excluding ortho intramolecular Hbond substituents is 1. The minimum absolute atomic E-state index is 0.120. The lowest BCUT2D eigenvalue weighted by Crippen LogP contribution is -2.43. The highest BCUT2D eigenvalue weighted by molar-refractivity contribution is 8.00. The Morgan fingerprint density at radius 2 is 1.41 bits per heavy atom. The van der Waals surface area contributed by atoms with Crippen LogP contribution in [0.25, 0.3) is 21.9 Å². The minimum Gasteiger partial charge on any atom is -0.507 e. The molecule has 0 saturated heterocycles. The number of hydrogen-bond acceptors (Lipinski definition) is 3. The molecule has 1 spiro atoms. The van der Waals surface area contributed by atoms with E-state index in [1.807, 2.05) is 11.8 Å². The Hall–Kier alpha value is -3.43. The molecule has 1 heterocycles. The van der Waals surface area contributed by atoms with Crippen molar-refractivity contribution in [2.24, 2.45) is 10.8 Å². The Bertz CT molecular complexity index is 1920. The van der Waals surface area contributed by atoms with E-state index in [2.05, 4.69) is 120 Å². The fraction of sp³-hybridized carbons (Fsp3) is 0.366. The van der Waals surface area contributed by atoms with Gasteiger partial charge in [0.05, 0.1) is 4.90 Å². The first-order chi connectivity index (χ1) is 20.9. The quantitative estimate of drug-likeness (QED) is 0.249. The molecule has 4 aromatic rings. The molecular weight excluding hydrogens is 557 g/mol. The van der Waals surface area contributed by atoms with E-state index in [1.54, 1.807) is 0 Å². The van der Waals surface area contributed by atoms with Gasteiger partial charge in [-0.05, 0) is 114 Å². The molecule has 1 saturated carbocycles. The SMILES string of the molecule is CC1=CCCC=C1C1(c2ccccc2C)Oc2cc3c(O)cc4c(c3cc2S1)-c1ccccc1C41CC(C)(C)CC(C)(C)C1. The van der Waals surface area contributed by atoms with Crippen LogP contribution in [0.2, 0.25) is 0 Å². The maximum absolute atomic E-state index is 11.8. The number of aryl methyl sites for hydroxylation is 1. The summed E-state index contributed by atoms with van der Waals surface area (Å²) in [4.78, 5) is 0.469. The second-order valence-corrected chi connectivity index (χ2v) is 16.6. The third-order valence-electron chi connectivity index (χ3n) is 10.7. The second-order valence-electron chi connectivity index (χ2n) is 15.4. The first kappa shape index (κ1) is 28.1. The lowest BCUT2D eigenvalue weighted by atomic mass is 9.52. The molecule has 2 nitrogen and oxygen atoms in total. The summed E-state index contributed by atoms with van der Waals surface area (Å²) in [7, 11) is 0. The number of benzene rings is 4. The monoisotopic (exact) mass is 598 g/mol. The smallest absolute Gasteiger partial charge is 0.210 e. The predicted molar refractivity (Wildman–Crippen MR) is 184 cm³/mol. The van der Waals surface area contributed by atoms with Crippen LogP contribution < -0.4 is 4.74 Å². The van der Waals surface area contributed by atoms with Gasteiger partial charge in [0.1, 0.15) is 11.5 Å². The van der Waals surface area contributed by atoms with Crippen LogP contribution in [0.5, 0.6) is 11.5 Å². The van der Waals surface area contributed by atoms with Crippen LogP contribution in [-0.4, -0.2) is 5.11 Å². The molecule has 3 heteroatoms. The van der Waals surface area contributed by atoms with Gasteiger partial charge in [0.25, 0.3) is 0 Å². The average Bonchev–Trinajstić information content (AvgIpc) is 3.45. The molecule has 8 rings (SSSR count). The Morgan fingerprint density at radius 1 is 0.727 bits per heavy atom. The highest BCUT2D eigenvalue weighted by Gasteiger charge is 2.54. The van der Waals surface area contributed by atoms with E-state index >= 15 is 0 Å². The zero-order valence-corrected chi connectivity index (χ0v) is 27.6. The van der Waals surface area contributed by atoms with E-state index in [0.717, 1.165) is 47.1 Å². The normalized spacial score (nSPS) is 23.9. The number of rotatable bonds is 2. The van der Waals surface area contributed by atoms with Crippen LogP contribution in [-0.2, 0) is 10.3 Å². The van der Waals surface area contributed by atoms with E-state index in [1.165, 1.54) is 50.9 Å². The molecule has 0 bridgehead atoms. The minimum atomic E-state index is -0.665. The first-order valence-corrected chi connectivity index (χ1v) is 17.0. The standard InChI is InChI=1S/C41H42O2S/c1-25-13-7-10-16-30(25)41(31-17-11-8-14-26(31)2)43-35-19-28-29(20-36(35)44-41)37-27-15-9-12-18-32(27)40(33(37)21-34(28)42)23-38(3,4)22-39(5,6)24-40/h7,9-10,12-21,42H,8,11,22-24H2,1-6H3. The molecule has 1 atom stereocenters. The third-order valence-corrected chi connectivity index (χ3v) is 12.0. The number of ether oxygens (including phenoxy) is 1. The predicted octanol–water partition coefficient (Wildman–Crippen LogP) is 11.4. The zero-order valence-electron chi connectivity index (χ0n) is 26.8. The molecule has 1 fully saturated rings. The van der Waals surface area contributed by atoms with Gasteiger partial charge in [-0.15, -0.1) is 0 Å².